The van der Waals surface area contributed by atoms with Crippen LogP contribution >= 0.6 is 0 Å². The molecule has 0 radical (unpaired) electrons. The van der Waals surface area contributed by atoms with E-state index in [-0.39, 0.29) is 30.2 Å². The van der Waals surface area contributed by atoms with Gasteiger partial charge in [0.2, 0.25) is 5.91 Å². The lowest BCUT2D eigenvalue weighted by Crippen LogP contribution is -2.47. The Labute approximate surface area is 208 Å². The van der Waals surface area contributed by atoms with E-state index in [9.17, 15) is 14.4 Å². The highest BCUT2D eigenvalue weighted by atomic mass is 16.3. The van der Waals surface area contributed by atoms with E-state index in [1.54, 1.807) is 36.4 Å². The second kappa shape index (κ2) is 10.2. The Morgan fingerprint density at radius 2 is 1.81 bits per heavy atom. The molecule has 1 saturated carbocycles. The summed E-state index contributed by atoms with van der Waals surface area (Å²) in [6.45, 7) is 1.34. The minimum absolute atomic E-state index is 0.0614. The standard InChI is InChI=1S/C27H27N5O4/c1-18(33)19-12-14-21(15-13-19)32(25(34)17-31-23-10-5-4-9-22(23)29-30-31)26(24-11-6-16-36-24)27(35)28-20-7-2-3-8-20/h4-6,9-16,20,26H,2-3,7-8,17H2,1H3,(H,28,35)/t26-/m0/s1. The van der Waals surface area contributed by atoms with Gasteiger partial charge in [0.15, 0.2) is 11.8 Å². The largest absolute Gasteiger partial charge is 0.467 e. The second-order valence-corrected chi connectivity index (χ2v) is 9.01. The number of aromatic nitrogens is 3. The Hall–Kier alpha value is -4.27. The summed E-state index contributed by atoms with van der Waals surface area (Å²) < 4.78 is 7.17. The molecule has 0 unspecified atom stereocenters. The summed E-state index contributed by atoms with van der Waals surface area (Å²) in [5.74, 6) is -0.429. The lowest BCUT2D eigenvalue weighted by atomic mass is 10.1. The molecule has 2 heterocycles. The van der Waals surface area contributed by atoms with Crippen LogP contribution in [0.15, 0.2) is 71.3 Å². The van der Waals surface area contributed by atoms with E-state index in [0.29, 0.717) is 28.0 Å². The first kappa shape index (κ1) is 23.5. The molecule has 1 N–H and O–H groups in total. The molecule has 0 bridgehead atoms. The number of hydrogen-bond acceptors (Lipinski definition) is 6. The molecule has 36 heavy (non-hydrogen) atoms. The van der Waals surface area contributed by atoms with Crippen molar-refractivity contribution >= 4 is 34.3 Å². The molecule has 1 aliphatic rings. The van der Waals surface area contributed by atoms with Gasteiger partial charge in [-0.3, -0.25) is 19.3 Å². The first-order chi connectivity index (χ1) is 17.5. The highest BCUT2D eigenvalue weighted by Crippen LogP contribution is 2.30. The number of furan rings is 1. The Morgan fingerprint density at radius 1 is 1.06 bits per heavy atom. The molecular formula is C27H27N5O4. The fourth-order valence-electron chi connectivity index (χ4n) is 4.70. The van der Waals surface area contributed by atoms with E-state index in [1.807, 2.05) is 24.3 Å². The molecule has 2 aromatic carbocycles. The summed E-state index contributed by atoms with van der Waals surface area (Å²) in [4.78, 5) is 40.8. The zero-order valence-corrected chi connectivity index (χ0v) is 20.0. The van der Waals surface area contributed by atoms with E-state index in [4.69, 9.17) is 4.42 Å². The van der Waals surface area contributed by atoms with Gasteiger partial charge in [-0.15, -0.1) is 5.10 Å². The molecular weight excluding hydrogens is 458 g/mol. The van der Waals surface area contributed by atoms with Gasteiger partial charge >= 0.3 is 0 Å². The van der Waals surface area contributed by atoms with Crippen molar-refractivity contribution < 1.29 is 18.8 Å². The summed E-state index contributed by atoms with van der Waals surface area (Å²) in [6, 6.07) is 16.4. The topological polar surface area (TPSA) is 110 Å². The van der Waals surface area contributed by atoms with Crippen LogP contribution in [0.4, 0.5) is 5.69 Å². The third kappa shape index (κ3) is 4.77. The van der Waals surface area contributed by atoms with Crippen molar-refractivity contribution in [2.24, 2.45) is 0 Å². The molecule has 2 aromatic heterocycles. The van der Waals surface area contributed by atoms with E-state index < -0.39 is 6.04 Å². The maximum Gasteiger partial charge on any atom is 0.251 e. The quantitative estimate of drug-likeness (QED) is 0.377. The zero-order valence-electron chi connectivity index (χ0n) is 20.0. The average molecular weight is 486 g/mol. The van der Waals surface area contributed by atoms with Crippen molar-refractivity contribution in [1.82, 2.24) is 20.3 Å². The van der Waals surface area contributed by atoms with Gasteiger partial charge in [0.25, 0.3) is 5.91 Å². The van der Waals surface area contributed by atoms with Gasteiger partial charge in [0.1, 0.15) is 17.8 Å². The molecule has 5 rings (SSSR count). The van der Waals surface area contributed by atoms with Crippen LogP contribution in [0, 0.1) is 0 Å². The minimum Gasteiger partial charge on any atom is -0.467 e. The Kier molecular flexibility index (Phi) is 6.62. The Bertz CT molecular complexity index is 1370. The highest BCUT2D eigenvalue weighted by molar-refractivity contribution is 6.02. The summed E-state index contributed by atoms with van der Waals surface area (Å²) in [7, 11) is 0. The predicted molar refractivity (Wildman–Crippen MR) is 133 cm³/mol. The summed E-state index contributed by atoms with van der Waals surface area (Å²) in [6.07, 6.45) is 5.42. The van der Waals surface area contributed by atoms with Crippen LogP contribution < -0.4 is 10.2 Å². The number of nitrogens with zero attached hydrogens (tertiary/aromatic N) is 4. The number of benzene rings is 2. The van der Waals surface area contributed by atoms with Crippen molar-refractivity contribution in [3.63, 3.8) is 0 Å². The van der Waals surface area contributed by atoms with Crippen molar-refractivity contribution in [3.8, 4) is 0 Å². The second-order valence-electron chi connectivity index (χ2n) is 9.01. The molecule has 2 amide bonds. The van der Waals surface area contributed by atoms with Crippen molar-refractivity contribution in [2.45, 2.75) is 51.2 Å². The number of para-hydroxylation sites is 1. The van der Waals surface area contributed by atoms with E-state index in [0.717, 1.165) is 25.7 Å². The lowest BCUT2D eigenvalue weighted by Gasteiger charge is -2.31. The van der Waals surface area contributed by atoms with Crippen LogP contribution in [-0.2, 0) is 16.1 Å². The zero-order chi connectivity index (χ0) is 25.1. The van der Waals surface area contributed by atoms with Gasteiger partial charge in [0, 0.05) is 17.3 Å². The SMILES string of the molecule is CC(=O)c1ccc(N(C(=O)Cn2nnc3ccccc32)[C@H](C(=O)NC2CCCC2)c2ccco2)cc1. The van der Waals surface area contributed by atoms with Crippen molar-refractivity contribution in [2.75, 3.05) is 4.90 Å². The fourth-order valence-corrected chi connectivity index (χ4v) is 4.70. The number of carbonyl (C=O) groups is 3. The number of amides is 2. The van der Waals surface area contributed by atoms with Gasteiger partial charge in [-0.2, -0.15) is 0 Å². The number of fused-ring (bicyclic) bond motifs is 1. The van der Waals surface area contributed by atoms with Crippen LogP contribution in [0.3, 0.4) is 0 Å². The molecule has 0 aliphatic heterocycles. The van der Waals surface area contributed by atoms with Crippen molar-refractivity contribution in [1.29, 1.82) is 0 Å². The molecule has 9 heteroatoms. The first-order valence-electron chi connectivity index (χ1n) is 12.1. The average Bonchev–Trinajstić information content (AvgIpc) is 3.66. The molecule has 4 aromatic rings. The van der Waals surface area contributed by atoms with Gasteiger partial charge < -0.3 is 9.73 Å². The highest BCUT2D eigenvalue weighted by Gasteiger charge is 2.36. The van der Waals surface area contributed by atoms with Gasteiger partial charge in [-0.1, -0.05) is 30.2 Å². The third-order valence-corrected chi connectivity index (χ3v) is 6.55. The van der Waals surface area contributed by atoms with Crippen LogP contribution in [0.1, 0.15) is 54.8 Å². The number of hydrogen-bond donors (Lipinski definition) is 1. The van der Waals surface area contributed by atoms with E-state index in [1.165, 1.54) is 22.8 Å². The van der Waals surface area contributed by atoms with E-state index >= 15 is 0 Å². The van der Waals surface area contributed by atoms with Crippen LogP contribution in [0.5, 0.6) is 0 Å². The summed E-state index contributed by atoms with van der Waals surface area (Å²) in [5, 5.41) is 11.4. The number of ketones is 1. The smallest absolute Gasteiger partial charge is 0.251 e. The lowest BCUT2D eigenvalue weighted by molar-refractivity contribution is -0.127. The van der Waals surface area contributed by atoms with Crippen LogP contribution in [-0.4, -0.2) is 38.6 Å². The maximum absolute atomic E-state index is 13.9. The maximum atomic E-state index is 13.9. The molecule has 0 saturated heterocycles. The van der Waals surface area contributed by atoms with Crippen molar-refractivity contribution in [3.05, 3.63) is 78.3 Å². The van der Waals surface area contributed by atoms with Crippen LogP contribution in [0.2, 0.25) is 0 Å². The molecule has 9 nitrogen and oxygen atoms in total. The molecule has 1 aliphatic carbocycles. The Morgan fingerprint density at radius 3 is 2.50 bits per heavy atom. The normalized spacial score (nSPS) is 14.6. The number of anilines is 1. The summed E-state index contributed by atoms with van der Waals surface area (Å²) >= 11 is 0. The Balaban J connectivity index is 1.54. The molecule has 0 spiro atoms. The van der Waals surface area contributed by atoms with Crippen LogP contribution in [0.25, 0.3) is 11.0 Å². The number of rotatable bonds is 8. The molecule has 184 valence electrons. The monoisotopic (exact) mass is 485 g/mol. The fraction of sp³-hybridized carbons (Fsp3) is 0.296. The number of nitrogens with one attached hydrogen (secondary N) is 1. The van der Waals surface area contributed by atoms with Gasteiger partial charge in [-0.25, -0.2) is 4.68 Å². The minimum atomic E-state index is -1.04. The molecule has 1 atom stereocenters. The predicted octanol–water partition coefficient (Wildman–Crippen LogP) is 4.06. The first-order valence-corrected chi connectivity index (χ1v) is 12.1. The number of Topliss-reactive ketones (excluding diaryl/α,β-unsaturated/α-hetero) is 1. The van der Waals surface area contributed by atoms with E-state index in [2.05, 4.69) is 15.6 Å². The van der Waals surface area contributed by atoms with Gasteiger partial charge in [-0.05, 0) is 68.3 Å². The third-order valence-electron chi connectivity index (χ3n) is 6.55. The van der Waals surface area contributed by atoms with Gasteiger partial charge in [0.05, 0.1) is 11.8 Å². The summed E-state index contributed by atoms with van der Waals surface area (Å²) in [5.41, 5.74) is 2.36. The number of carbonyl (C=O) groups excluding carboxylic acids is 3. The molecule has 1 fully saturated rings.